The first-order valence-corrected chi connectivity index (χ1v) is 12.6. The summed E-state index contributed by atoms with van der Waals surface area (Å²) in [5.41, 5.74) is 0.587. The molecule has 1 saturated heterocycles. The molecule has 0 radical (unpaired) electrons. The Kier molecular flexibility index (Phi) is 8.80. The number of hydrogen-bond acceptors (Lipinski definition) is 6. The molecule has 0 spiro atoms. The average molecular weight is 548 g/mol. The fraction of sp³-hybridized carbons (Fsp3) is 0.360. The molecule has 1 aliphatic heterocycles. The van der Waals surface area contributed by atoms with E-state index in [1.165, 1.54) is 11.0 Å². The van der Waals surface area contributed by atoms with Crippen molar-refractivity contribution in [2.75, 3.05) is 41.4 Å². The largest absolute Gasteiger partial charge is 0.448 e. The molecular weight excluding hydrogens is 521 g/mol. The number of amides is 2. The molecule has 0 saturated carbocycles. The summed E-state index contributed by atoms with van der Waals surface area (Å²) in [5.74, 6) is -0.270. The zero-order valence-electron chi connectivity index (χ0n) is 20.5. The van der Waals surface area contributed by atoms with Crippen molar-refractivity contribution in [2.45, 2.75) is 33.2 Å². The molecule has 0 aliphatic carbocycles. The number of ether oxygens (including phenoxy) is 1. The van der Waals surface area contributed by atoms with E-state index in [4.69, 9.17) is 45.4 Å². The molecule has 1 aliphatic rings. The smallest absolute Gasteiger partial charge is 0.411 e. The average Bonchev–Trinajstić information content (AvgIpc) is 3.01. The van der Waals surface area contributed by atoms with Crippen molar-refractivity contribution in [1.29, 1.82) is 5.26 Å². The normalized spacial score (nSPS) is 14.8. The molecule has 0 bridgehead atoms. The molecule has 11 heteroatoms. The topological polar surface area (TPSA) is 88.9 Å². The van der Waals surface area contributed by atoms with Gasteiger partial charge in [0.15, 0.2) is 5.11 Å². The summed E-state index contributed by atoms with van der Waals surface area (Å²) in [4.78, 5) is 31.0. The summed E-state index contributed by atoms with van der Waals surface area (Å²) in [6.07, 6.45) is -0.630. The van der Waals surface area contributed by atoms with E-state index in [1.807, 2.05) is 19.9 Å². The second-order valence-corrected chi connectivity index (χ2v) is 9.73. The number of rotatable bonds is 8. The van der Waals surface area contributed by atoms with Crippen LogP contribution >= 0.6 is 35.4 Å². The van der Waals surface area contributed by atoms with Crippen LogP contribution in [0.25, 0.3) is 0 Å². The number of benzene rings is 2. The predicted molar refractivity (Wildman–Crippen MR) is 147 cm³/mol. The van der Waals surface area contributed by atoms with Crippen molar-refractivity contribution >= 4 is 69.6 Å². The number of likely N-dealkylation sites (N-methyl/N-ethyl adjacent to an activating group) is 1. The molecule has 2 aromatic carbocycles. The van der Waals surface area contributed by atoms with Crippen LogP contribution < -0.4 is 15.1 Å². The Hall–Kier alpha value is -2.90. The van der Waals surface area contributed by atoms with Gasteiger partial charge in [0.25, 0.3) is 5.91 Å². The van der Waals surface area contributed by atoms with Gasteiger partial charge in [-0.3, -0.25) is 15.0 Å². The van der Waals surface area contributed by atoms with Gasteiger partial charge >= 0.3 is 6.09 Å². The van der Waals surface area contributed by atoms with Gasteiger partial charge in [0.1, 0.15) is 18.2 Å². The van der Waals surface area contributed by atoms with Crippen LogP contribution in [0.1, 0.15) is 33.3 Å². The van der Waals surface area contributed by atoms with Crippen LogP contribution in [0.3, 0.4) is 0 Å². The molecule has 2 aromatic rings. The zero-order chi connectivity index (χ0) is 26.6. The molecule has 1 N–H and O–H groups in total. The van der Waals surface area contributed by atoms with Crippen LogP contribution in [0.15, 0.2) is 36.4 Å². The highest BCUT2D eigenvalue weighted by Crippen LogP contribution is 2.39. The Morgan fingerprint density at radius 3 is 2.42 bits per heavy atom. The predicted octanol–water partition coefficient (Wildman–Crippen LogP) is 5.67. The molecule has 190 valence electrons. The molecule has 3 rings (SSSR count). The van der Waals surface area contributed by atoms with Gasteiger partial charge in [-0.05, 0) is 75.6 Å². The zero-order valence-corrected chi connectivity index (χ0v) is 22.8. The van der Waals surface area contributed by atoms with Crippen LogP contribution in [0.5, 0.6) is 0 Å². The van der Waals surface area contributed by atoms with Crippen molar-refractivity contribution in [1.82, 2.24) is 4.90 Å². The fourth-order valence-corrected chi connectivity index (χ4v) is 4.80. The Labute approximate surface area is 226 Å². The number of nitrogens with zero attached hydrogens (tertiary/aromatic N) is 4. The van der Waals surface area contributed by atoms with Crippen molar-refractivity contribution in [3.05, 3.63) is 52.0 Å². The summed E-state index contributed by atoms with van der Waals surface area (Å²) in [5, 5.41) is 12.6. The van der Waals surface area contributed by atoms with Crippen molar-refractivity contribution in [2.24, 2.45) is 0 Å². The van der Waals surface area contributed by atoms with Crippen LogP contribution in [0, 0.1) is 11.3 Å². The number of thiocarbonyl (C=S) groups is 1. The number of nitriles is 1. The highest BCUT2D eigenvalue weighted by atomic mass is 35.5. The fourth-order valence-electron chi connectivity index (χ4n) is 3.89. The molecule has 8 nitrogen and oxygen atoms in total. The van der Waals surface area contributed by atoms with Gasteiger partial charge in [0.05, 0.1) is 27.0 Å². The van der Waals surface area contributed by atoms with Gasteiger partial charge in [-0.15, -0.1) is 0 Å². The van der Waals surface area contributed by atoms with Gasteiger partial charge in [-0.1, -0.05) is 37.0 Å². The highest BCUT2D eigenvalue weighted by Gasteiger charge is 2.50. The van der Waals surface area contributed by atoms with Gasteiger partial charge in [0, 0.05) is 12.2 Å². The van der Waals surface area contributed by atoms with E-state index in [1.54, 1.807) is 49.1 Å². The molecule has 1 fully saturated rings. The van der Waals surface area contributed by atoms with E-state index < -0.39 is 11.6 Å². The minimum Gasteiger partial charge on any atom is -0.448 e. The van der Waals surface area contributed by atoms with E-state index >= 15 is 0 Å². The summed E-state index contributed by atoms with van der Waals surface area (Å²) in [7, 11) is 0. The number of anilines is 3. The maximum Gasteiger partial charge on any atom is 0.411 e. The van der Waals surface area contributed by atoms with Crippen molar-refractivity contribution < 1.29 is 14.3 Å². The Morgan fingerprint density at radius 2 is 1.81 bits per heavy atom. The Balaban J connectivity index is 1.84. The lowest BCUT2D eigenvalue weighted by Crippen LogP contribution is -2.44. The molecule has 0 unspecified atom stereocenters. The summed E-state index contributed by atoms with van der Waals surface area (Å²) < 4.78 is 5.30. The molecule has 2 amide bonds. The first-order valence-electron chi connectivity index (χ1n) is 11.4. The van der Waals surface area contributed by atoms with Crippen LogP contribution in [0.4, 0.5) is 21.9 Å². The summed E-state index contributed by atoms with van der Waals surface area (Å²) in [6.45, 7) is 10.2. The minimum absolute atomic E-state index is 0.222. The maximum atomic E-state index is 13.4. The monoisotopic (exact) mass is 547 g/mol. The third-order valence-electron chi connectivity index (χ3n) is 5.98. The lowest BCUT2D eigenvalue weighted by Gasteiger charge is -2.30. The first kappa shape index (κ1) is 27.7. The molecule has 0 aromatic heterocycles. The molecular formula is C25H27Cl2N5O3S. The molecule has 0 atom stereocenters. The van der Waals surface area contributed by atoms with Gasteiger partial charge in [0.2, 0.25) is 0 Å². The Bertz CT molecular complexity index is 1230. The lowest BCUT2D eigenvalue weighted by atomic mass is 10.0. The number of carbonyl (C=O) groups is 2. The van der Waals surface area contributed by atoms with Crippen LogP contribution in [-0.4, -0.2) is 53.8 Å². The summed E-state index contributed by atoms with van der Waals surface area (Å²) in [6, 6.07) is 11.7. The first-order chi connectivity index (χ1) is 17.0. The van der Waals surface area contributed by atoms with E-state index in [9.17, 15) is 9.59 Å². The number of nitrogens with one attached hydrogen (secondary N) is 1. The van der Waals surface area contributed by atoms with E-state index in [0.717, 1.165) is 13.1 Å². The van der Waals surface area contributed by atoms with Gasteiger partial charge in [-0.25, -0.2) is 4.79 Å². The third kappa shape index (κ3) is 5.57. The molecule has 1 heterocycles. The third-order valence-corrected chi connectivity index (χ3v) is 6.99. The van der Waals surface area contributed by atoms with Crippen LogP contribution in [-0.2, 0) is 9.53 Å². The number of carbonyl (C=O) groups excluding carboxylic acids is 2. The standard InChI is InChI=1S/C25H27Cl2N5O3S/c1-5-30(6-2)11-12-35-23(34)29-21-14-18(9-10-19(21)26)32-24(36)31(22(33)25(32,3)4)17-8-7-16(15-28)20(27)13-17/h7-10,13-14H,5-6,11-12H2,1-4H3,(H,29,34). The SMILES string of the molecule is CCN(CC)CCOC(=O)Nc1cc(N2C(=S)N(c3ccc(C#N)c(Cl)c3)C(=O)C2(C)C)ccc1Cl. The van der Waals surface area contributed by atoms with Crippen molar-refractivity contribution in [3.63, 3.8) is 0 Å². The maximum absolute atomic E-state index is 13.4. The van der Waals surface area contributed by atoms with E-state index in [-0.39, 0.29) is 22.6 Å². The second-order valence-electron chi connectivity index (χ2n) is 8.55. The Morgan fingerprint density at radius 1 is 1.14 bits per heavy atom. The van der Waals surface area contributed by atoms with E-state index in [2.05, 4.69) is 10.2 Å². The van der Waals surface area contributed by atoms with Gasteiger partial charge < -0.3 is 14.5 Å². The minimum atomic E-state index is -1.05. The number of hydrogen-bond donors (Lipinski definition) is 1. The quantitative estimate of drug-likeness (QED) is 0.425. The number of halogens is 2. The second kappa shape index (κ2) is 11.4. The highest BCUT2D eigenvalue weighted by molar-refractivity contribution is 7.81. The van der Waals surface area contributed by atoms with Crippen molar-refractivity contribution in [3.8, 4) is 6.07 Å². The summed E-state index contributed by atoms with van der Waals surface area (Å²) >= 11 is 18.2. The van der Waals surface area contributed by atoms with E-state index in [0.29, 0.717) is 34.2 Å². The lowest BCUT2D eigenvalue weighted by molar-refractivity contribution is -0.120. The van der Waals surface area contributed by atoms with Gasteiger partial charge in [-0.2, -0.15) is 5.26 Å². The molecule has 36 heavy (non-hydrogen) atoms. The van der Waals surface area contributed by atoms with Crippen LogP contribution in [0.2, 0.25) is 10.0 Å².